The van der Waals surface area contributed by atoms with Crippen LogP contribution in [0.25, 0.3) is 5.82 Å². The van der Waals surface area contributed by atoms with Crippen LogP contribution >= 0.6 is 0 Å². The van der Waals surface area contributed by atoms with Crippen LogP contribution in [0.2, 0.25) is 0 Å². The molecule has 12 nitrogen and oxygen atoms in total. The SMILES string of the molecule is Cc1cnc(Nc2cc([N+](=O)[O-])c(N3CCOCC3)cc2OC(C)C)nc1-n1cc(C=O)cn1. The Morgan fingerprint density at radius 3 is 2.68 bits per heavy atom. The summed E-state index contributed by atoms with van der Waals surface area (Å²) in [5.41, 5.74) is 1.92. The van der Waals surface area contributed by atoms with Crippen molar-refractivity contribution in [1.29, 1.82) is 0 Å². The van der Waals surface area contributed by atoms with Gasteiger partial charge >= 0.3 is 0 Å². The van der Waals surface area contributed by atoms with Gasteiger partial charge < -0.3 is 19.7 Å². The van der Waals surface area contributed by atoms with Gasteiger partial charge in [0.1, 0.15) is 11.4 Å². The van der Waals surface area contributed by atoms with Crippen LogP contribution in [0.3, 0.4) is 0 Å². The van der Waals surface area contributed by atoms with Crippen molar-refractivity contribution in [3.8, 4) is 11.6 Å². The number of aromatic nitrogens is 4. The van der Waals surface area contributed by atoms with Gasteiger partial charge in [0.05, 0.1) is 41.7 Å². The van der Waals surface area contributed by atoms with Gasteiger partial charge in [0.2, 0.25) is 5.95 Å². The average Bonchev–Trinajstić information content (AvgIpc) is 3.30. The van der Waals surface area contributed by atoms with Crippen molar-refractivity contribution in [3.63, 3.8) is 0 Å². The van der Waals surface area contributed by atoms with Crippen molar-refractivity contribution < 1.29 is 19.2 Å². The van der Waals surface area contributed by atoms with E-state index in [1.54, 1.807) is 18.5 Å². The molecule has 0 amide bonds. The van der Waals surface area contributed by atoms with E-state index in [1.807, 2.05) is 25.7 Å². The largest absolute Gasteiger partial charge is 0.489 e. The number of ether oxygens (including phenoxy) is 2. The molecule has 1 aromatic carbocycles. The first-order valence-electron chi connectivity index (χ1n) is 10.8. The van der Waals surface area contributed by atoms with Crippen molar-refractivity contribution in [3.05, 3.63) is 52.0 Å². The van der Waals surface area contributed by atoms with Gasteiger partial charge in [-0.3, -0.25) is 14.9 Å². The highest BCUT2D eigenvalue weighted by molar-refractivity contribution is 5.77. The molecule has 3 heterocycles. The molecule has 0 unspecified atom stereocenters. The topological polar surface area (TPSA) is 138 Å². The Hall–Kier alpha value is -4.06. The molecule has 2 aromatic heterocycles. The van der Waals surface area contributed by atoms with E-state index in [-0.39, 0.29) is 17.7 Å². The minimum atomic E-state index is -0.415. The van der Waals surface area contributed by atoms with Crippen molar-refractivity contribution >= 4 is 29.3 Å². The summed E-state index contributed by atoms with van der Waals surface area (Å²) in [7, 11) is 0. The van der Waals surface area contributed by atoms with Gasteiger partial charge in [0, 0.05) is 43.2 Å². The van der Waals surface area contributed by atoms with Crippen LogP contribution in [0.4, 0.5) is 23.0 Å². The number of carbonyl (C=O) groups excluding carboxylic acids is 1. The number of hydrogen-bond acceptors (Lipinski definition) is 10. The second-order valence-corrected chi connectivity index (χ2v) is 8.02. The van der Waals surface area contributed by atoms with E-state index in [0.29, 0.717) is 61.1 Å². The standard InChI is InChI=1S/C22H25N7O5/c1-14(2)34-20-9-18(27-4-6-33-7-5-27)19(29(31)32)8-17(20)25-22-23-10-15(3)21(26-22)28-12-16(13-30)11-24-28/h8-14H,4-7H2,1-3H3,(H,23,25,26). The Kier molecular flexibility index (Phi) is 6.68. The van der Waals surface area contributed by atoms with Crippen LogP contribution in [0.5, 0.6) is 5.75 Å². The van der Waals surface area contributed by atoms with Crippen molar-refractivity contribution in [1.82, 2.24) is 19.7 Å². The van der Waals surface area contributed by atoms with Gasteiger partial charge in [-0.2, -0.15) is 10.1 Å². The second-order valence-electron chi connectivity index (χ2n) is 8.02. The Morgan fingerprint density at radius 2 is 2.03 bits per heavy atom. The smallest absolute Gasteiger partial charge is 0.294 e. The number of nitrogens with one attached hydrogen (secondary N) is 1. The highest BCUT2D eigenvalue weighted by Crippen LogP contribution is 2.40. The number of benzene rings is 1. The maximum absolute atomic E-state index is 11.9. The molecule has 1 aliphatic heterocycles. The number of rotatable bonds is 8. The Labute approximate surface area is 195 Å². The molecule has 1 N–H and O–H groups in total. The summed E-state index contributed by atoms with van der Waals surface area (Å²) >= 11 is 0. The first-order chi connectivity index (χ1) is 16.4. The van der Waals surface area contributed by atoms with E-state index in [2.05, 4.69) is 20.4 Å². The van der Waals surface area contributed by atoms with Gasteiger partial charge in [0.15, 0.2) is 12.1 Å². The average molecular weight is 467 g/mol. The molecule has 1 aliphatic rings. The molecule has 0 spiro atoms. The molecule has 0 atom stereocenters. The van der Waals surface area contributed by atoms with Gasteiger partial charge in [-0.15, -0.1) is 0 Å². The summed E-state index contributed by atoms with van der Waals surface area (Å²) in [6.07, 6.45) is 5.13. The Morgan fingerprint density at radius 1 is 1.26 bits per heavy atom. The number of aryl methyl sites for hydroxylation is 1. The zero-order valence-electron chi connectivity index (χ0n) is 19.1. The van der Waals surface area contributed by atoms with Crippen molar-refractivity contribution in [2.24, 2.45) is 0 Å². The number of carbonyl (C=O) groups is 1. The lowest BCUT2D eigenvalue weighted by atomic mass is 10.2. The molecular formula is C22H25N7O5. The molecule has 0 saturated carbocycles. The third-order valence-electron chi connectivity index (χ3n) is 5.14. The number of nitro groups is 1. The highest BCUT2D eigenvalue weighted by atomic mass is 16.6. The predicted molar refractivity (Wildman–Crippen MR) is 124 cm³/mol. The fraction of sp³-hybridized carbons (Fsp3) is 0.364. The van der Waals surface area contributed by atoms with Crippen molar-refractivity contribution in [2.75, 3.05) is 36.5 Å². The maximum Gasteiger partial charge on any atom is 0.294 e. The minimum Gasteiger partial charge on any atom is -0.489 e. The number of nitro benzene ring substituents is 1. The Bertz CT molecular complexity index is 1200. The molecule has 0 radical (unpaired) electrons. The molecular weight excluding hydrogens is 442 g/mol. The molecule has 0 bridgehead atoms. The molecule has 1 fully saturated rings. The van der Waals surface area contributed by atoms with Crippen LogP contribution in [0, 0.1) is 17.0 Å². The minimum absolute atomic E-state index is 0.0597. The highest BCUT2D eigenvalue weighted by Gasteiger charge is 2.26. The molecule has 34 heavy (non-hydrogen) atoms. The fourth-order valence-corrected chi connectivity index (χ4v) is 3.57. The van der Waals surface area contributed by atoms with E-state index in [1.165, 1.54) is 16.9 Å². The summed E-state index contributed by atoms with van der Waals surface area (Å²) in [6, 6.07) is 3.11. The molecule has 0 aliphatic carbocycles. The second kappa shape index (κ2) is 9.83. The zero-order chi connectivity index (χ0) is 24.2. The molecule has 12 heteroatoms. The third kappa shape index (κ3) is 4.96. The van der Waals surface area contributed by atoms with Crippen LogP contribution in [-0.4, -0.2) is 63.4 Å². The van der Waals surface area contributed by atoms with Crippen LogP contribution < -0.4 is 15.0 Å². The maximum atomic E-state index is 11.9. The van der Waals surface area contributed by atoms with E-state index >= 15 is 0 Å². The van der Waals surface area contributed by atoms with Gasteiger partial charge in [-0.25, -0.2) is 9.67 Å². The number of hydrogen-bond donors (Lipinski definition) is 1. The summed E-state index contributed by atoms with van der Waals surface area (Å²) in [4.78, 5) is 33.3. The third-order valence-corrected chi connectivity index (χ3v) is 5.14. The summed E-state index contributed by atoms with van der Waals surface area (Å²) < 4.78 is 12.8. The van der Waals surface area contributed by atoms with Crippen LogP contribution in [0.1, 0.15) is 29.8 Å². The molecule has 178 valence electrons. The van der Waals surface area contributed by atoms with E-state index in [9.17, 15) is 14.9 Å². The number of anilines is 3. The van der Waals surface area contributed by atoms with Gasteiger partial charge in [-0.05, 0) is 20.8 Å². The number of aldehydes is 1. The first-order valence-corrected chi connectivity index (χ1v) is 10.8. The number of morpholine rings is 1. The first kappa shape index (κ1) is 23.1. The molecule has 4 rings (SSSR count). The monoisotopic (exact) mass is 467 g/mol. The van der Waals surface area contributed by atoms with E-state index in [4.69, 9.17) is 9.47 Å². The normalized spacial score (nSPS) is 13.7. The summed E-state index contributed by atoms with van der Waals surface area (Å²) in [5.74, 6) is 1.11. The number of nitrogens with zero attached hydrogens (tertiary/aromatic N) is 6. The predicted octanol–water partition coefficient (Wildman–Crippen LogP) is 3.06. The lowest BCUT2D eigenvalue weighted by Gasteiger charge is -2.29. The molecule has 3 aromatic rings. The summed E-state index contributed by atoms with van der Waals surface area (Å²) in [5, 5.41) is 19.1. The van der Waals surface area contributed by atoms with Crippen LogP contribution in [-0.2, 0) is 4.74 Å². The van der Waals surface area contributed by atoms with Crippen molar-refractivity contribution in [2.45, 2.75) is 26.9 Å². The van der Waals surface area contributed by atoms with Gasteiger partial charge in [0.25, 0.3) is 5.69 Å². The molecule has 1 saturated heterocycles. The quantitative estimate of drug-likeness (QED) is 0.299. The lowest BCUT2D eigenvalue weighted by molar-refractivity contribution is -0.384. The summed E-state index contributed by atoms with van der Waals surface area (Å²) in [6.45, 7) is 7.66. The fourth-order valence-electron chi connectivity index (χ4n) is 3.57. The van der Waals surface area contributed by atoms with E-state index < -0.39 is 4.92 Å². The van der Waals surface area contributed by atoms with E-state index in [0.717, 1.165) is 5.56 Å². The van der Waals surface area contributed by atoms with Crippen LogP contribution in [0.15, 0.2) is 30.7 Å². The van der Waals surface area contributed by atoms with Gasteiger partial charge in [-0.1, -0.05) is 0 Å². The zero-order valence-corrected chi connectivity index (χ0v) is 19.1. The lowest BCUT2D eigenvalue weighted by Crippen LogP contribution is -2.36. The Balaban J connectivity index is 1.74.